The van der Waals surface area contributed by atoms with Crippen LogP contribution in [0.2, 0.25) is 0 Å². The molecule has 2 heterocycles. The maximum absolute atomic E-state index is 11.5. The van der Waals surface area contributed by atoms with Crippen molar-refractivity contribution in [2.75, 3.05) is 6.61 Å². The molecule has 0 aliphatic carbocycles. The Morgan fingerprint density at radius 2 is 1.95 bits per heavy atom. The topological polar surface area (TPSA) is 97.0 Å². The van der Waals surface area contributed by atoms with Gasteiger partial charge in [0.1, 0.15) is 12.2 Å². The highest BCUT2D eigenvalue weighted by Crippen LogP contribution is 2.32. The predicted molar refractivity (Wildman–Crippen MR) is 62.7 cm³/mol. The number of fused-ring (bicyclic) bond motifs is 1. The second kappa shape index (κ2) is 5.16. The molecule has 0 aromatic heterocycles. The van der Waals surface area contributed by atoms with Crippen molar-refractivity contribution in [3.8, 4) is 0 Å². The summed E-state index contributed by atoms with van der Waals surface area (Å²) in [5, 5.41) is 21.5. The number of rotatable bonds is 1. The Labute approximate surface area is 110 Å². The van der Waals surface area contributed by atoms with Crippen molar-refractivity contribution in [3.63, 3.8) is 0 Å². The van der Waals surface area contributed by atoms with Crippen LogP contribution in [0.25, 0.3) is 0 Å². The normalized spacial score (nSPS) is 42.7. The first-order valence-electron chi connectivity index (χ1n) is 6.24. The van der Waals surface area contributed by atoms with Crippen LogP contribution in [-0.2, 0) is 14.2 Å². The van der Waals surface area contributed by atoms with Gasteiger partial charge in [0.2, 0.25) is 0 Å². The van der Waals surface area contributed by atoms with E-state index >= 15 is 0 Å². The molecular formula is C13H16NO5-. The van der Waals surface area contributed by atoms with Gasteiger partial charge in [-0.3, -0.25) is 0 Å². The van der Waals surface area contributed by atoms with Crippen molar-refractivity contribution in [1.82, 2.24) is 0 Å². The van der Waals surface area contributed by atoms with E-state index in [0.29, 0.717) is 0 Å². The summed E-state index contributed by atoms with van der Waals surface area (Å²) in [6.07, 6.45) is -4.28. The zero-order chi connectivity index (χ0) is 13.4. The van der Waals surface area contributed by atoms with Crippen molar-refractivity contribution < 1.29 is 24.4 Å². The van der Waals surface area contributed by atoms with Crippen molar-refractivity contribution in [2.45, 2.75) is 36.9 Å². The third kappa shape index (κ3) is 2.38. The Bertz CT molecular complexity index is 426. The molecule has 0 radical (unpaired) electrons. The molecule has 0 spiro atoms. The van der Waals surface area contributed by atoms with E-state index in [2.05, 4.69) is 0 Å². The molecule has 0 amide bonds. The summed E-state index contributed by atoms with van der Waals surface area (Å²) in [6.45, 7) is 0.201. The van der Waals surface area contributed by atoms with E-state index < -0.39 is 36.9 Å². The molecule has 6 atom stereocenters. The van der Waals surface area contributed by atoms with Gasteiger partial charge >= 0.3 is 0 Å². The lowest BCUT2D eigenvalue weighted by atomic mass is 9.96. The highest BCUT2D eigenvalue weighted by Gasteiger charge is 2.44. The van der Waals surface area contributed by atoms with Crippen molar-refractivity contribution in [3.05, 3.63) is 35.9 Å². The van der Waals surface area contributed by atoms with Crippen LogP contribution in [0.5, 0.6) is 0 Å². The molecule has 2 aliphatic heterocycles. The highest BCUT2D eigenvalue weighted by molar-refractivity contribution is 5.16. The molecule has 3 rings (SSSR count). The zero-order valence-corrected chi connectivity index (χ0v) is 10.2. The number of hydrogen-bond donors (Lipinski definition) is 2. The largest absolute Gasteiger partial charge is 0.830 e. The Morgan fingerprint density at radius 1 is 1.21 bits per heavy atom. The summed E-state index contributed by atoms with van der Waals surface area (Å²) >= 11 is 0. The molecule has 19 heavy (non-hydrogen) atoms. The number of ether oxygens (including phenoxy) is 3. The number of aliphatic hydroxyl groups is 1. The van der Waals surface area contributed by atoms with Crippen LogP contribution < -0.4 is 10.8 Å². The third-order valence-electron chi connectivity index (χ3n) is 3.48. The molecule has 2 aliphatic rings. The van der Waals surface area contributed by atoms with Gasteiger partial charge in [0.05, 0.1) is 12.7 Å². The van der Waals surface area contributed by atoms with Crippen LogP contribution in [0.3, 0.4) is 0 Å². The first-order chi connectivity index (χ1) is 9.16. The minimum atomic E-state index is -1.45. The molecule has 1 unspecified atom stereocenters. The van der Waals surface area contributed by atoms with E-state index in [9.17, 15) is 10.2 Å². The monoisotopic (exact) mass is 266 g/mol. The number of aliphatic hydroxyl groups excluding tert-OH is 1. The van der Waals surface area contributed by atoms with Gasteiger partial charge in [-0.15, -0.1) is 0 Å². The Morgan fingerprint density at radius 3 is 2.68 bits per heavy atom. The number of hydrogen-bond acceptors (Lipinski definition) is 6. The first kappa shape index (κ1) is 13.0. The maximum Gasteiger partial charge on any atom is 0.184 e. The first-order valence-corrected chi connectivity index (χ1v) is 6.24. The van der Waals surface area contributed by atoms with Crippen molar-refractivity contribution in [2.24, 2.45) is 5.73 Å². The van der Waals surface area contributed by atoms with E-state index in [1.54, 1.807) is 0 Å². The van der Waals surface area contributed by atoms with Gasteiger partial charge < -0.3 is 30.2 Å². The van der Waals surface area contributed by atoms with Crippen LogP contribution in [0.1, 0.15) is 11.9 Å². The van der Waals surface area contributed by atoms with Crippen molar-refractivity contribution >= 4 is 0 Å². The summed E-state index contributed by atoms with van der Waals surface area (Å²) in [5.74, 6) is 0. The van der Waals surface area contributed by atoms with Crippen molar-refractivity contribution in [1.29, 1.82) is 0 Å². The van der Waals surface area contributed by atoms with Gasteiger partial charge in [0.25, 0.3) is 0 Å². The van der Waals surface area contributed by atoms with Gasteiger partial charge in [-0.2, -0.15) is 0 Å². The molecule has 1 aromatic rings. The Kier molecular flexibility index (Phi) is 3.53. The molecule has 2 saturated heterocycles. The van der Waals surface area contributed by atoms with E-state index in [1.165, 1.54) is 0 Å². The fourth-order valence-electron chi connectivity index (χ4n) is 2.39. The van der Waals surface area contributed by atoms with Crippen LogP contribution in [0.15, 0.2) is 30.3 Å². The fourth-order valence-corrected chi connectivity index (χ4v) is 2.39. The van der Waals surface area contributed by atoms with Crippen LogP contribution in [-0.4, -0.2) is 42.4 Å². The van der Waals surface area contributed by atoms with Gasteiger partial charge in [0.15, 0.2) is 6.29 Å². The molecule has 6 heteroatoms. The second-order valence-corrected chi connectivity index (χ2v) is 4.79. The minimum Gasteiger partial charge on any atom is -0.830 e. The molecule has 0 bridgehead atoms. The number of benzene rings is 1. The summed E-state index contributed by atoms with van der Waals surface area (Å²) in [7, 11) is 0. The predicted octanol–water partition coefficient (Wildman–Crippen LogP) is -1.13. The minimum absolute atomic E-state index is 0.201. The van der Waals surface area contributed by atoms with Gasteiger partial charge in [0, 0.05) is 17.9 Å². The Balaban J connectivity index is 1.75. The Hall–Kier alpha value is -1.02. The molecular weight excluding hydrogens is 250 g/mol. The molecule has 2 fully saturated rings. The van der Waals surface area contributed by atoms with Gasteiger partial charge in [-0.25, -0.2) is 0 Å². The molecule has 0 saturated carbocycles. The number of nitrogens with two attached hydrogens (primary N) is 1. The van der Waals surface area contributed by atoms with E-state index in [0.717, 1.165) is 5.56 Å². The van der Waals surface area contributed by atoms with Crippen LogP contribution in [0, 0.1) is 0 Å². The molecule has 6 nitrogen and oxygen atoms in total. The molecule has 3 N–H and O–H groups in total. The quantitative estimate of drug-likeness (QED) is 0.668. The average molecular weight is 266 g/mol. The highest BCUT2D eigenvalue weighted by atomic mass is 16.7. The lowest BCUT2D eigenvalue weighted by molar-refractivity contribution is -0.525. The fraction of sp³-hybridized carbons (Fsp3) is 0.538. The van der Waals surface area contributed by atoms with E-state index in [-0.39, 0.29) is 6.61 Å². The van der Waals surface area contributed by atoms with E-state index in [4.69, 9.17) is 19.9 Å². The summed E-state index contributed by atoms with van der Waals surface area (Å²) < 4.78 is 16.4. The molecule has 1 aromatic carbocycles. The summed E-state index contributed by atoms with van der Waals surface area (Å²) in [4.78, 5) is 0. The van der Waals surface area contributed by atoms with Crippen LogP contribution in [0.4, 0.5) is 0 Å². The standard InChI is InChI=1S/C13H16NO5/c14-9-10(15)11-8(18-12(9)16)6-17-13(19-11)7-4-2-1-3-5-7/h1-5,8-13,15H,6,14H2/q-1/t8-,9-,10-,11-,12+,13?/m1/s1. The SMILES string of the molecule is N[C@@H]1[C@@H](O)[C@@H]2OC(c3ccccc3)OC[C@H]2O[C@@H]1[O-]. The zero-order valence-electron chi connectivity index (χ0n) is 10.2. The lowest BCUT2D eigenvalue weighted by Gasteiger charge is -2.49. The van der Waals surface area contributed by atoms with Gasteiger partial charge in [-0.1, -0.05) is 30.3 Å². The smallest absolute Gasteiger partial charge is 0.184 e. The van der Waals surface area contributed by atoms with Gasteiger partial charge in [-0.05, 0) is 0 Å². The maximum atomic E-state index is 11.5. The lowest BCUT2D eigenvalue weighted by Crippen LogP contribution is -2.67. The van der Waals surface area contributed by atoms with E-state index in [1.807, 2.05) is 30.3 Å². The third-order valence-corrected chi connectivity index (χ3v) is 3.48. The summed E-state index contributed by atoms with van der Waals surface area (Å²) in [6, 6.07) is 8.40. The second-order valence-electron chi connectivity index (χ2n) is 4.79. The van der Waals surface area contributed by atoms with Crippen LogP contribution >= 0.6 is 0 Å². The molecule has 104 valence electrons. The average Bonchev–Trinajstić information content (AvgIpc) is 2.46. The summed E-state index contributed by atoms with van der Waals surface area (Å²) in [5.41, 5.74) is 6.46.